The molecule has 21 heavy (non-hydrogen) atoms. The van der Waals surface area contributed by atoms with E-state index in [0.29, 0.717) is 0 Å². The molecule has 2 aromatic heterocycles. The molecule has 3 rings (SSSR count). The Balaban J connectivity index is 2.03. The first-order valence-corrected chi connectivity index (χ1v) is 7.40. The van der Waals surface area contributed by atoms with Gasteiger partial charge in [0, 0.05) is 24.2 Å². The van der Waals surface area contributed by atoms with Gasteiger partial charge in [-0.3, -0.25) is 4.68 Å². The average Bonchev–Trinajstić information content (AvgIpc) is 3.07. The van der Waals surface area contributed by atoms with Gasteiger partial charge < -0.3 is 9.73 Å². The largest absolute Gasteiger partial charge is 0.459 e. The number of aryl methyl sites for hydroxylation is 2. The Morgan fingerprint density at radius 3 is 2.90 bits per heavy atom. The highest BCUT2D eigenvalue weighted by Crippen LogP contribution is 2.29. The lowest BCUT2D eigenvalue weighted by atomic mass is 10.1. The van der Waals surface area contributed by atoms with E-state index in [1.165, 1.54) is 5.56 Å². The predicted octanol–water partition coefficient (Wildman–Crippen LogP) is 3.56. The standard InChI is InChI=1S/C17H21N3O/c1-4-8-18-16(14-10-19-20(3)11-14)15-9-13-7-5-6-12(2)17(13)21-15/h5-7,9-11,16,18H,4,8H2,1-3H3. The fourth-order valence-corrected chi connectivity index (χ4v) is 2.63. The monoisotopic (exact) mass is 283 g/mol. The zero-order chi connectivity index (χ0) is 14.8. The fourth-order valence-electron chi connectivity index (χ4n) is 2.63. The molecule has 4 nitrogen and oxygen atoms in total. The van der Waals surface area contributed by atoms with Gasteiger partial charge in [0.2, 0.25) is 0 Å². The lowest BCUT2D eigenvalue weighted by Crippen LogP contribution is -2.22. The number of fused-ring (bicyclic) bond motifs is 1. The number of furan rings is 1. The van der Waals surface area contributed by atoms with Gasteiger partial charge in [0.25, 0.3) is 0 Å². The van der Waals surface area contributed by atoms with Gasteiger partial charge in [-0.2, -0.15) is 5.10 Å². The maximum absolute atomic E-state index is 6.12. The van der Waals surface area contributed by atoms with Crippen LogP contribution in [0, 0.1) is 6.92 Å². The molecule has 2 heterocycles. The first-order valence-electron chi connectivity index (χ1n) is 7.40. The van der Waals surface area contributed by atoms with Gasteiger partial charge in [0.15, 0.2) is 0 Å². The first kappa shape index (κ1) is 13.9. The van der Waals surface area contributed by atoms with Crippen molar-refractivity contribution in [2.75, 3.05) is 6.54 Å². The van der Waals surface area contributed by atoms with E-state index < -0.39 is 0 Å². The molecule has 0 aliphatic carbocycles. The summed E-state index contributed by atoms with van der Waals surface area (Å²) in [5.41, 5.74) is 3.27. The van der Waals surface area contributed by atoms with Gasteiger partial charge in [0.05, 0.1) is 12.2 Å². The van der Waals surface area contributed by atoms with Crippen LogP contribution in [0.25, 0.3) is 11.0 Å². The van der Waals surface area contributed by atoms with E-state index in [-0.39, 0.29) is 6.04 Å². The Morgan fingerprint density at radius 2 is 2.24 bits per heavy atom. The number of rotatable bonds is 5. The van der Waals surface area contributed by atoms with Crippen LogP contribution < -0.4 is 5.32 Å². The third-order valence-electron chi connectivity index (χ3n) is 3.70. The Morgan fingerprint density at radius 1 is 1.38 bits per heavy atom. The lowest BCUT2D eigenvalue weighted by Gasteiger charge is -2.14. The molecule has 0 radical (unpaired) electrons. The van der Waals surface area contributed by atoms with Crippen LogP contribution in [0.1, 0.15) is 36.3 Å². The van der Waals surface area contributed by atoms with Crippen LogP contribution in [0.2, 0.25) is 0 Å². The molecule has 0 aliphatic rings. The van der Waals surface area contributed by atoms with Crippen molar-refractivity contribution >= 4 is 11.0 Å². The van der Waals surface area contributed by atoms with Crippen molar-refractivity contribution in [2.45, 2.75) is 26.3 Å². The summed E-state index contributed by atoms with van der Waals surface area (Å²) in [6.45, 7) is 5.18. The number of para-hydroxylation sites is 1. The van der Waals surface area contributed by atoms with Gasteiger partial charge in [0.1, 0.15) is 11.3 Å². The number of benzene rings is 1. The number of nitrogens with zero attached hydrogens (tertiary/aromatic N) is 2. The Hall–Kier alpha value is -2.07. The minimum atomic E-state index is 0.0467. The third kappa shape index (κ3) is 2.72. The summed E-state index contributed by atoms with van der Waals surface area (Å²) < 4.78 is 7.95. The minimum absolute atomic E-state index is 0.0467. The molecule has 1 aromatic carbocycles. The fraction of sp³-hybridized carbons (Fsp3) is 0.353. The van der Waals surface area contributed by atoms with Gasteiger partial charge in [-0.15, -0.1) is 0 Å². The van der Waals surface area contributed by atoms with Crippen molar-refractivity contribution in [1.29, 1.82) is 0 Å². The van der Waals surface area contributed by atoms with Crippen molar-refractivity contribution in [3.05, 3.63) is 53.5 Å². The SMILES string of the molecule is CCCNC(c1cnn(C)c1)c1cc2cccc(C)c2o1. The summed E-state index contributed by atoms with van der Waals surface area (Å²) in [5.74, 6) is 0.945. The number of hydrogen-bond donors (Lipinski definition) is 1. The Labute approximate surface area is 124 Å². The molecule has 0 aliphatic heterocycles. The molecule has 0 amide bonds. The maximum Gasteiger partial charge on any atom is 0.137 e. The van der Waals surface area contributed by atoms with E-state index in [0.717, 1.165) is 35.3 Å². The van der Waals surface area contributed by atoms with Gasteiger partial charge >= 0.3 is 0 Å². The molecular formula is C17H21N3O. The van der Waals surface area contributed by atoms with Crippen molar-refractivity contribution in [1.82, 2.24) is 15.1 Å². The van der Waals surface area contributed by atoms with Crippen molar-refractivity contribution < 1.29 is 4.42 Å². The highest BCUT2D eigenvalue weighted by atomic mass is 16.3. The van der Waals surface area contributed by atoms with E-state index in [2.05, 4.69) is 48.5 Å². The van der Waals surface area contributed by atoms with Gasteiger partial charge in [-0.1, -0.05) is 25.1 Å². The molecule has 1 atom stereocenters. The van der Waals surface area contributed by atoms with Crippen molar-refractivity contribution in [3.8, 4) is 0 Å². The number of nitrogens with one attached hydrogen (secondary N) is 1. The third-order valence-corrected chi connectivity index (χ3v) is 3.70. The second-order valence-corrected chi connectivity index (χ2v) is 5.48. The van der Waals surface area contributed by atoms with E-state index >= 15 is 0 Å². The zero-order valence-corrected chi connectivity index (χ0v) is 12.8. The van der Waals surface area contributed by atoms with E-state index in [1.807, 2.05) is 24.1 Å². The van der Waals surface area contributed by atoms with Crippen LogP contribution in [0.15, 0.2) is 41.1 Å². The van der Waals surface area contributed by atoms with Crippen LogP contribution in [0.5, 0.6) is 0 Å². The molecule has 0 fully saturated rings. The molecule has 3 aromatic rings. The Kier molecular flexibility index (Phi) is 3.80. The molecule has 0 saturated carbocycles. The summed E-state index contributed by atoms with van der Waals surface area (Å²) in [6, 6.07) is 8.41. The summed E-state index contributed by atoms with van der Waals surface area (Å²) in [5, 5.41) is 8.98. The normalized spacial score (nSPS) is 12.9. The number of aromatic nitrogens is 2. The first-order chi connectivity index (χ1) is 10.2. The molecule has 1 N–H and O–H groups in total. The summed E-state index contributed by atoms with van der Waals surface area (Å²) in [7, 11) is 1.93. The molecule has 1 unspecified atom stereocenters. The molecular weight excluding hydrogens is 262 g/mol. The van der Waals surface area contributed by atoms with E-state index in [1.54, 1.807) is 0 Å². The second kappa shape index (κ2) is 5.74. The number of hydrogen-bond acceptors (Lipinski definition) is 3. The summed E-state index contributed by atoms with van der Waals surface area (Å²) >= 11 is 0. The average molecular weight is 283 g/mol. The molecule has 110 valence electrons. The Bertz CT molecular complexity index is 741. The quantitative estimate of drug-likeness (QED) is 0.778. The topological polar surface area (TPSA) is 43.0 Å². The zero-order valence-electron chi connectivity index (χ0n) is 12.8. The van der Waals surface area contributed by atoms with Crippen molar-refractivity contribution in [2.24, 2.45) is 7.05 Å². The van der Waals surface area contributed by atoms with E-state index in [4.69, 9.17) is 4.42 Å². The molecule has 0 spiro atoms. The molecule has 4 heteroatoms. The highest BCUT2D eigenvalue weighted by molar-refractivity contribution is 5.81. The van der Waals surface area contributed by atoms with Crippen LogP contribution >= 0.6 is 0 Å². The minimum Gasteiger partial charge on any atom is -0.459 e. The van der Waals surface area contributed by atoms with Crippen LogP contribution in [0.3, 0.4) is 0 Å². The summed E-state index contributed by atoms with van der Waals surface area (Å²) in [6.07, 6.45) is 5.01. The van der Waals surface area contributed by atoms with Crippen molar-refractivity contribution in [3.63, 3.8) is 0 Å². The smallest absolute Gasteiger partial charge is 0.137 e. The van der Waals surface area contributed by atoms with Gasteiger partial charge in [-0.25, -0.2) is 0 Å². The lowest BCUT2D eigenvalue weighted by molar-refractivity contribution is 0.468. The predicted molar refractivity (Wildman–Crippen MR) is 84.3 cm³/mol. The van der Waals surface area contributed by atoms with Gasteiger partial charge in [-0.05, 0) is 31.5 Å². The summed E-state index contributed by atoms with van der Waals surface area (Å²) in [4.78, 5) is 0. The van der Waals surface area contributed by atoms with Crippen LogP contribution in [0.4, 0.5) is 0 Å². The van der Waals surface area contributed by atoms with Crippen LogP contribution in [-0.4, -0.2) is 16.3 Å². The highest BCUT2D eigenvalue weighted by Gasteiger charge is 2.19. The van der Waals surface area contributed by atoms with E-state index in [9.17, 15) is 0 Å². The molecule has 0 saturated heterocycles. The maximum atomic E-state index is 6.12. The van der Waals surface area contributed by atoms with Crippen LogP contribution in [-0.2, 0) is 7.05 Å². The molecule has 0 bridgehead atoms. The second-order valence-electron chi connectivity index (χ2n) is 5.48.